The highest BCUT2D eigenvalue weighted by Gasteiger charge is 2.34. The van der Waals surface area contributed by atoms with Crippen molar-refractivity contribution in [2.75, 3.05) is 16.0 Å². The molecule has 1 N–H and O–H groups in total. The second-order valence-electron chi connectivity index (χ2n) is 7.60. The molecule has 0 bridgehead atoms. The molecule has 0 saturated carbocycles. The lowest BCUT2D eigenvalue weighted by molar-refractivity contribution is -0.116. The van der Waals surface area contributed by atoms with Crippen LogP contribution in [0.3, 0.4) is 0 Å². The average molecular weight is 437 g/mol. The van der Waals surface area contributed by atoms with Crippen LogP contribution in [0.4, 0.5) is 11.4 Å². The van der Waals surface area contributed by atoms with Gasteiger partial charge in [0.2, 0.25) is 11.8 Å². The molecule has 0 radical (unpaired) electrons. The Bertz CT molecular complexity index is 1010. The van der Waals surface area contributed by atoms with Crippen molar-refractivity contribution in [2.45, 2.75) is 31.6 Å². The van der Waals surface area contributed by atoms with Gasteiger partial charge in [0, 0.05) is 16.3 Å². The van der Waals surface area contributed by atoms with Crippen LogP contribution in [0.25, 0.3) is 0 Å². The average Bonchev–Trinajstić information content (AvgIpc) is 3.38. The van der Waals surface area contributed by atoms with Crippen molar-refractivity contribution in [1.82, 2.24) is 0 Å². The van der Waals surface area contributed by atoms with Crippen molar-refractivity contribution in [3.05, 3.63) is 82.0 Å². The van der Waals surface area contributed by atoms with E-state index in [9.17, 15) is 9.59 Å². The number of carbonyl (C=O) groups excluding carboxylic acids is 2. The molecular formula is C24H24N2O2S2. The molecule has 154 valence electrons. The first-order valence-corrected chi connectivity index (χ1v) is 11.9. The van der Waals surface area contributed by atoms with Crippen molar-refractivity contribution < 1.29 is 9.59 Å². The zero-order chi connectivity index (χ0) is 21.1. The molecule has 0 spiro atoms. The third kappa shape index (κ3) is 4.60. The molecule has 1 aliphatic heterocycles. The summed E-state index contributed by atoms with van der Waals surface area (Å²) in [6.07, 6.45) is 0.381. The van der Waals surface area contributed by atoms with Crippen LogP contribution < -0.4 is 10.2 Å². The molecular weight excluding hydrogens is 412 g/mol. The highest BCUT2D eigenvalue weighted by Crippen LogP contribution is 2.42. The van der Waals surface area contributed by atoms with Gasteiger partial charge in [0.1, 0.15) is 5.37 Å². The van der Waals surface area contributed by atoms with Gasteiger partial charge in [-0.25, -0.2) is 0 Å². The summed E-state index contributed by atoms with van der Waals surface area (Å²) in [5, 5.41) is 4.86. The minimum absolute atomic E-state index is 0.0255. The van der Waals surface area contributed by atoms with Crippen LogP contribution in [0.1, 0.15) is 41.1 Å². The number of hydrogen-bond donors (Lipinski definition) is 1. The van der Waals surface area contributed by atoms with Crippen molar-refractivity contribution >= 4 is 46.3 Å². The number of amides is 2. The summed E-state index contributed by atoms with van der Waals surface area (Å²) in [5.41, 5.74) is 4.00. The minimum Gasteiger partial charge on any atom is -0.326 e. The van der Waals surface area contributed by atoms with Crippen LogP contribution in [-0.4, -0.2) is 17.6 Å². The molecule has 4 rings (SSSR count). The maximum absolute atomic E-state index is 12.6. The quantitative estimate of drug-likeness (QED) is 0.529. The van der Waals surface area contributed by atoms with E-state index in [0.717, 1.165) is 21.8 Å². The van der Waals surface area contributed by atoms with Crippen LogP contribution in [0.15, 0.2) is 66.0 Å². The van der Waals surface area contributed by atoms with Crippen molar-refractivity contribution in [3.8, 4) is 0 Å². The third-order valence-electron chi connectivity index (χ3n) is 5.10. The summed E-state index contributed by atoms with van der Waals surface area (Å²) >= 11 is 3.21. The molecule has 1 aromatic heterocycles. The molecule has 1 atom stereocenters. The van der Waals surface area contributed by atoms with E-state index in [1.807, 2.05) is 58.8 Å². The fraction of sp³-hybridized carbons (Fsp3) is 0.250. The van der Waals surface area contributed by atoms with E-state index < -0.39 is 0 Å². The summed E-state index contributed by atoms with van der Waals surface area (Å²) in [6.45, 7) is 4.32. The highest BCUT2D eigenvalue weighted by atomic mass is 32.2. The molecule has 2 amide bonds. The van der Waals surface area contributed by atoms with E-state index in [1.165, 1.54) is 5.56 Å². The number of nitrogens with zero attached hydrogens (tertiary/aromatic N) is 1. The minimum atomic E-state index is -0.0572. The topological polar surface area (TPSA) is 49.4 Å². The summed E-state index contributed by atoms with van der Waals surface area (Å²) < 4.78 is 0. The zero-order valence-corrected chi connectivity index (χ0v) is 18.6. The largest absolute Gasteiger partial charge is 0.326 e. The van der Waals surface area contributed by atoms with Gasteiger partial charge in [0.25, 0.3) is 0 Å². The van der Waals surface area contributed by atoms with Gasteiger partial charge in [-0.3, -0.25) is 14.5 Å². The molecule has 30 heavy (non-hydrogen) atoms. The van der Waals surface area contributed by atoms with Crippen LogP contribution in [-0.2, 0) is 16.0 Å². The van der Waals surface area contributed by atoms with E-state index in [2.05, 4.69) is 31.3 Å². The number of thiophene rings is 1. The molecule has 0 aliphatic carbocycles. The summed E-state index contributed by atoms with van der Waals surface area (Å²) in [4.78, 5) is 27.7. The van der Waals surface area contributed by atoms with E-state index in [1.54, 1.807) is 23.1 Å². The number of anilines is 2. The van der Waals surface area contributed by atoms with E-state index in [-0.39, 0.29) is 17.2 Å². The van der Waals surface area contributed by atoms with Gasteiger partial charge in [-0.1, -0.05) is 44.2 Å². The molecule has 1 fully saturated rings. The molecule has 1 saturated heterocycles. The Morgan fingerprint density at radius 1 is 1.10 bits per heavy atom. The Labute approximate surface area is 185 Å². The van der Waals surface area contributed by atoms with Gasteiger partial charge in [-0.05, 0) is 52.8 Å². The van der Waals surface area contributed by atoms with E-state index in [0.29, 0.717) is 18.1 Å². The van der Waals surface area contributed by atoms with Gasteiger partial charge in [0.15, 0.2) is 0 Å². The van der Waals surface area contributed by atoms with Gasteiger partial charge in [0.05, 0.1) is 12.2 Å². The Morgan fingerprint density at radius 2 is 1.83 bits per heavy atom. The Balaban J connectivity index is 1.47. The number of thioether (sulfide) groups is 1. The fourth-order valence-corrected chi connectivity index (χ4v) is 5.36. The Morgan fingerprint density at radius 3 is 2.47 bits per heavy atom. The van der Waals surface area contributed by atoms with Crippen molar-refractivity contribution in [1.29, 1.82) is 0 Å². The van der Waals surface area contributed by atoms with Gasteiger partial charge in [-0.15, -0.1) is 23.1 Å². The Hall–Kier alpha value is -2.57. The number of benzene rings is 2. The first-order valence-electron chi connectivity index (χ1n) is 9.97. The van der Waals surface area contributed by atoms with E-state index in [4.69, 9.17) is 0 Å². The standard InChI is InChI=1S/C24H24N2O2S2/c1-16(2)17-7-11-20(12-8-17)26-23(28)15-30-24(26)18-5-9-19(10-6-18)25-22(27)14-21-4-3-13-29-21/h3-13,16,24H,14-15H2,1-2H3,(H,25,27). The van der Waals surface area contributed by atoms with Crippen LogP contribution in [0.2, 0.25) is 0 Å². The van der Waals surface area contributed by atoms with Gasteiger partial charge < -0.3 is 5.32 Å². The Kier molecular flexibility index (Phi) is 6.25. The lowest BCUT2D eigenvalue weighted by atomic mass is 10.0. The van der Waals surface area contributed by atoms with Crippen molar-refractivity contribution in [3.63, 3.8) is 0 Å². The maximum atomic E-state index is 12.6. The highest BCUT2D eigenvalue weighted by molar-refractivity contribution is 8.00. The second kappa shape index (κ2) is 9.06. The molecule has 1 unspecified atom stereocenters. The SMILES string of the molecule is CC(C)c1ccc(N2C(=O)CSC2c2ccc(NC(=O)Cc3cccs3)cc2)cc1. The van der Waals surface area contributed by atoms with E-state index >= 15 is 0 Å². The van der Waals surface area contributed by atoms with Gasteiger partial charge >= 0.3 is 0 Å². The van der Waals surface area contributed by atoms with Crippen LogP contribution >= 0.6 is 23.1 Å². The molecule has 3 aromatic rings. The first-order chi connectivity index (χ1) is 14.5. The third-order valence-corrected chi connectivity index (χ3v) is 7.19. The molecule has 1 aliphatic rings. The molecule has 2 heterocycles. The predicted octanol–water partition coefficient (Wildman–Crippen LogP) is 5.83. The second-order valence-corrected chi connectivity index (χ2v) is 9.70. The fourth-order valence-electron chi connectivity index (χ4n) is 3.48. The molecule has 6 heteroatoms. The zero-order valence-electron chi connectivity index (χ0n) is 17.0. The lowest BCUT2D eigenvalue weighted by Crippen LogP contribution is -2.27. The van der Waals surface area contributed by atoms with Crippen molar-refractivity contribution in [2.24, 2.45) is 0 Å². The normalized spacial score (nSPS) is 16.3. The summed E-state index contributed by atoms with van der Waals surface area (Å²) in [6, 6.07) is 20.0. The summed E-state index contributed by atoms with van der Waals surface area (Å²) in [5.74, 6) is 1.02. The first kappa shape index (κ1) is 20.7. The van der Waals surface area contributed by atoms with Crippen LogP contribution in [0, 0.1) is 0 Å². The number of hydrogen-bond acceptors (Lipinski definition) is 4. The lowest BCUT2D eigenvalue weighted by Gasteiger charge is -2.25. The smallest absolute Gasteiger partial charge is 0.238 e. The number of rotatable bonds is 6. The molecule has 2 aromatic carbocycles. The molecule has 4 nitrogen and oxygen atoms in total. The monoisotopic (exact) mass is 436 g/mol. The maximum Gasteiger partial charge on any atom is 0.238 e. The predicted molar refractivity (Wildman–Crippen MR) is 126 cm³/mol. The van der Waals surface area contributed by atoms with Crippen LogP contribution in [0.5, 0.6) is 0 Å². The number of carbonyl (C=O) groups is 2. The summed E-state index contributed by atoms with van der Waals surface area (Å²) in [7, 11) is 0. The number of nitrogens with one attached hydrogen (secondary N) is 1. The van der Waals surface area contributed by atoms with Gasteiger partial charge in [-0.2, -0.15) is 0 Å².